The minimum atomic E-state index is -0.240. The predicted molar refractivity (Wildman–Crippen MR) is 84.7 cm³/mol. The van der Waals surface area contributed by atoms with Crippen molar-refractivity contribution in [2.75, 3.05) is 0 Å². The third kappa shape index (κ3) is 3.09. The van der Waals surface area contributed by atoms with E-state index in [9.17, 15) is 4.39 Å². The second-order valence-corrected chi connectivity index (χ2v) is 6.14. The molecule has 0 radical (unpaired) electrons. The van der Waals surface area contributed by atoms with Crippen molar-refractivity contribution in [3.05, 3.63) is 59.9 Å². The highest BCUT2D eigenvalue weighted by molar-refractivity contribution is 7.99. The summed E-state index contributed by atoms with van der Waals surface area (Å²) < 4.78 is 13.1. The average Bonchev–Trinajstić information content (AvgIpc) is 2.88. The van der Waals surface area contributed by atoms with Crippen LogP contribution in [0, 0.1) is 5.82 Å². The van der Waals surface area contributed by atoms with Crippen molar-refractivity contribution >= 4 is 22.8 Å². The van der Waals surface area contributed by atoms with Crippen LogP contribution in [-0.4, -0.2) is 16.0 Å². The molecule has 2 aromatic carbocycles. The smallest absolute Gasteiger partial charge is 0.167 e. The van der Waals surface area contributed by atoms with E-state index >= 15 is 0 Å². The van der Waals surface area contributed by atoms with Crippen LogP contribution in [0.1, 0.15) is 17.7 Å². The summed E-state index contributed by atoms with van der Waals surface area (Å²) >= 11 is 1.57. The molecule has 2 unspecified atom stereocenters. The number of H-pyrrole nitrogens is 1. The zero-order valence-corrected chi connectivity index (χ0v) is 12.4. The molecule has 0 amide bonds. The fourth-order valence-corrected chi connectivity index (χ4v) is 3.31. The van der Waals surface area contributed by atoms with E-state index < -0.39 is 0 Å². The maximum absolute atomic E-state index is 13.1. The van der Waals surface area contributed by atoms with Gasteiger partial charge < -0.3 is 10.7 Å². The molecule has 0 aliphatic heterocycles. The lowest BCUT2D eigenvalue weighted by atomic mass is 10.1. The third-order valence-electron chi connectivity index (χ3n) is 3.28. The molecule has 0 bridgehead atoms. The molecular formula is C16H16FN3S. The van der Waals surface area contributed by atoms with Crippen LogP contribution in [-0.2, 0) is 0 Å². The molecule has 0 aliphatic carbocycles. The van der Waals surface area contributed by atoms with Gasteiger partial charge in [0.1, 0.15) is 5.82 Å². The summed E-state index contributed by atoms with van der Waals surface area (Å²) in [5.41, 5.74) is 9.02. The summed E-state index contributed by atoms with van der Waals surface area (Å²) in [6.07, 6.45) is 0. The SMILES string of the molecule is CC(N)C(Sc1nc2ccccc2[nH]1)c1ccc(F)cc1. The zero-order chi connectivity index (χ0) is 14.8. The number of para-hydroxylation sites is 2. The molecule has 0 saturated heterocycles. The van der Waals surface area contributed by atoms with Crippen LogP contribution in [0.25, 0.3) is 11.0 Å². The van der Waals surface area contributed by atoms with Crippen LogP contribution in [0.4, 0.5) is 4.39 Å². The largest absolute Gasteiger partial charge is 0.333 e. The molecule has 0 aliphatic rings. The lowest BCUT2D eigenvalue weighted by molar-refractivity contribution is 0.625. The Balaban J connectivity index is 1.89. The summed E-state index contributed by atoms with van der Waals surface area (Å²) in [7, 11) is 0. The van der Waals surface area contributed by atoms with Crippen LogP contribution in [0.3, 0.4) is 0 Å². The third-order valence-corrected chi connectivity index (χ3v) is 4.65. The normalized spacial score (nSPS) is 14.2. The number of halogens is 1. The van der Waals surface area contributed by atoms with Crippen LogP contribution in [0.2, 0.25) is 0 Å². The number of nitrogens with one attached hydrogen (secondary N) is 1. The van der Waals surface area contributed by atoms with Gasteiger partial charge in [-0.1, -0.05) is 36.0 Å². The van der Waals surface area contributed by atoms with Gasteiger partial charge >= 0.3 is 0 Å². The van der Waals surface area contributed by atoms with Crippen molar-refractivity contribution in [3.8, 4) is 0 Å². The summed E-state index contributed by atoms with van der Waals surface area (Å²) in [5.74, 6) is -0.240. The summed E-state index contributed by atoms with van der Waals surface area (Å²) in [6, 6.07) is 14.3. The number of hydrogen-bond donors (Lipinski definition) is 2. The van der Waals surface area contributed by atoms with Crippen LogP contribution in [0.5, 0.6) is 0 Å². The van der Waals surface area contributed by atoms with Gasteiger partial charge in [-0.15, -0.1) is 0 Å². The molecule has 3 nitrogen and oxygen atoms in total. The van der Waals surface area contributed by atoms with E-state index in [-0.39, 0.29) is 17.1 Å². The molecular weight excluding hydrogens is 285 g/mol. The van der Waals surface area contributed by atoms with Crippen LogP contribution in [0.15, 0.2) is 53.7 Å². The van der Waals surface area contributed by atoms with Gasteiger partial charge in [0.2, 0.25) is 0 Å². The lowest BCUT2D eigenvalue weighted by Crippen LogP contribution is -2.22. The van der Waals surface area contributed by atoms with Gasteiger partial charge in [0.25, 0.3) is 0 Å². The first-order valence-electron chi connectivity index (χ1n) is 6.76. The fraction of sp³-hybridized carbons (Fsp3) is 0.188. The summed E-state index contributed by atoms with van der Waals surface area (Å²) in [5, 5.41) is 0.842. The van der Waals surface area contributed by atoms with Gasteiger partial charge in [0.05, 0.1) is 16.3 Å². The zero-order valence-electron chi connectivity index (χ0n) is 11.6. The fourth-order valence-electron chi connectivity index (χ4n) is 2.24. The molecule has 21 heavy (non-hydrogen) atoms. The quantitative estimate of drug-likeness (QED) is 0.719. The molecule has 3 N–H and O–H groups in total. The second kappa shape index (κ2) is 5.87. The Hall–Kier alpha value is -1.85. The van der Waals surface area contributed by atoms with Gasteiger partial charge in [-0.05, 0) is 36.8 Å². The Labute approximate surface area is 126 Å². The number of aromatic nitrogens is 2. The molecule has 0 fully saturated rings. The monoisotopic (exact) mass is 301 g/mol. The lowest BCUT2D eigenvalue weighted by Gasteiger charge is -2.19. The van der Waals surface area contributed by atoms with Gasteiger partial charge in [-0.3, -0.25) is 0 Å². The number of rotatable bonds is 4. The highest BCUT2D eigenvalue weighted by atomic mass is 32.2. The van der Waals surface area contributed by atoms with E-state index in [2.05, 4.69) is 9.97 Å². The molecule has 0 saturated carbocycles. The minimum Gasteiger partial charge on any atom is -0.333 e. The van der Waals surface area contributed by atoms with Gasteiger partial charge in [0, 0.05) is 6.04 Å². The van der Waals surface area contributed by atoms with E-state index in [1.54, 1.807) is 23.9 Å². The predicted octanol–water partition coefficient (Wildman–Crippen LogP) is 3.88. The van der Waals surface area contributed by atoms with Crippen molar-refractivity contribution in [2.45, 2.75) is 23.4 Å². The Morgan fingerprint density at radius 3 is 2.52 bits per heavy atom. The summed E-state index contributed by atoms with van der Waals surface area (Å²) in [4.78, 5) is 7.84. The second-order valence-electron chi connectivity index (χ2n) is 5.01. The molecule has 0 spiro atoms. The number of imidazole rings is 1. The molecule has 108 valence electrons. The van der Waals surface area contributed by atoms with Crippen molar-refractivity contribution in [1.82, 2.24) is 9.97 Å². The standard InChI is InChI=1S/C16H16FN3S/c1-10(18)15(11-6-8-12(17)9-7-11)21-16-19-13-4-2-3-5-14(13)20-16/h2-10,15H,18H2,1H3,(H,19,20). The number of fused-ring (bicyclic) bond motifs is 1. The van der Waals surface area contributed by atoms with E-state index in [4.69, 9.17) is 5.73 Å². The number of benzene rings is 2. The maximum atomic E-state index is 13.1. The Bertz CT molecular complexity index is 704. The molecule has 5 heteroatoms. The van der Waals surface area contributed by atoms with Crippen LogP contribution >= 0.6 is 11.8 Å². The number of aromatic amines is 1. The first kappa shape index (κ1) is 14.1. The van der Waals surface area contributed by atoms with E-state index in [1.807, 2.05) is 31.2 Å². The number of thioether (sulfide) groups is 1. The van der Waals surface area contributed by atoms with Gasteiger partial charge in [-0.2, -0.15) is 0 Å². The van der Waals surface area contributed by atoms with Crippen molar-refractivity contribution < 1.29 is 4.39 Å². The Kier molecular flexibility index (Phi) is 3.94. The average molecular weight is 301 g/mol. The number of nitrogens with two attached hydrogens (primary N) is 1. The van der Waals surface area contributed by atoms with E-state index in [0.717, 1.165) is 21.8 Å². The van der Waals surface area contributed by atoms with Gasteiger partial charge in [-0.25, -0.2) is 9.37 Å². The van der Waals surface area contributed by atoms with Gasteiger partial charge in [0.15, 0.2) is 5.16 Å². The summed E-state index contributed by atoms with van der Waals surface area (Å²) in [6.45, 7) is 1.95. The first-order valence-corrected chi connectivity index (χ1v) is 7.64. The maximum Gasteiger partial charge on any atom is 0.167 e. The number of hydrogen-bond acceptors (Lipinski definition) is 3. The Morgan fingerprint density at radius 2 is 1.86 bits per heavy atom. The molecule has 3 rings (SSSR count). The van der Waals surface area contributed by atoms with E-state index in [1.165, 1.54) is 12.1 Å². The first-order chi connectivity index (χ1) is 10.1. The highest BCUT2D eigenvalue weighted by Crippen LogP contribution is 2.36. The molecule has 3 aromatic rings. The van der Waals surface area contributed by atoms with Crippen LogP contribution < -0.4 is 5.73 Å². The Morgan fingerprint density at radius 1 is 1.14 bits per heavy atom. The molecule has 1 aromatic heterocycles. The van der Waals surface area contributed by atoms with Crippen molar-refractivity contribution in [3.63, 3.8) is 0 Å². The van der Waals surface area contributed by atoms with E-state index in [0.29, 0.717) is 0 Å². The number of nitrogens with zero attached hydrogens (tertiary/aromatic N) is 1. The topological polar surface area (TPSA) is 54.7 Å². The molecule has 1 heterocycles. The highest BCUT2D eigenvalue weighted by Gasteiger charge is 2.19. The van der Waals surface area contributed by atoms with Crippen molar-refractivity contribution in [1.29, 1.82) is 0 Å². The molecule has 2 atom stereocenters. The minimum absolute atomic E-state index is 0.0196. The van der Waals surface area contributed by atoms with Crippen molar-refractivity contribution in [2.24, 2.45) is 5.73 Å².